The van der Waals surface area contributed by atoms with Crippen molar-refractivity contribution in [2.24, 2.45) is 0 Å². The zero-order valence-corrected chi connectivity index (χ0v) is 8.60. The molecule has 0 aromatic carbocycles. The Morgan fingerprint density at radius 3 is 2.87 bits per heavy atom. The Morgan fingerprint density at radius 1 is 1.40 bits per heavy atom. The van der Waals surface area contributed by atoms with Crippen LogP contribution in [-0.4, -0.2) is 42.0 Å². The van der Waals surface area contributed by atoms with E-state index in [-0.39, 0.29) is 12.1 Å². The summed E-state index contributed by atoms with van der Waals surface area (Å²) in [6.07, 6.45) is 4.18. The second-order valence-corrected chi connectivity index (χ2v) is 3.77. The summed E-state index contributed by atoms with van der Waals surface area (Å²) in [6, 6.07) is 4.10. The van der Waals surface area contributed by atoms with Crippen LogP contribution in [0.2, 0.25) is 0 Å². The molecule has 1 fully saturated rings. The van der Waals surface area contributed by atoms with Crippen molar-refractivity contribution < 1.29 is 9.84 Å². The number of aliphatic hydroxyl groups is 1. The van der Waals surface area contributed by atoms with Gasteiger partial charge >= 0.3 is 0 Å². The molecule has 1 aliphatic heterocycles. The third-order valence-corrected chi connectivity index (χ3v) is 2.62. The van der Waals surface area contributed by atoms with Crippen LogP contribution in [0.4, 0.5) is 0 Å². The van der Waals surface area contributed by atoms with Gasteiger partial charge in [-0.2, -0.15) is 0 Å². The molecular formula is C11H16N2O2. The number of aliphatic hydroxyl groups excluding tert-OH is 1. The van der Waals surface area contributed by atoms with Crippen molar-refractivity contribution in [1.82, 2.24) is 10.3 Å². The van der Waals surface area contributed by atoms with Gasteiger partial charge in [-0.05, 0) is 30.7 Å². The topological polar surface area (TPSA) is 54.4 Å². The van der Waals surface area contributed by atoms with Gasteiger partial charge in [0.15, 0.2) is 0 Å². The van der Waals surface area contributed by atoms with Crippen LogP contribution in [0.15, 0.2) is 24.5 Å². The van der Waals surface area contributed by atoms with Crippen LogP contribution >= 0.6 is 0 Å². The van der Waals surface area contributed by atoms with E-state index in [0.717, 1.165) is 13.0 Å². The lowest BCUT2D eigenvalue weighted by atomic mass is 10.1. The molecular weight excluding hydrogens is 192 g/mol. The molecule has 0 bridgehead atoms. The Labute approximate surface area is 89.3 Å². The Morgan fingerprint density at radius 2 is 2.20 bits per heavy atom. The van der Waals surface area contributed by atoms with Crippen molar-refractivity contribution in [3.8, 4) is 0 Å². The van der Waals surface area contributed by atoms with Gasteiger partial charge in [0.25, 0.3) is 0 Å². The lowest BCUT2D eigenvalue weighted by Crippen LogP contribution is -2.39. The van der Waals surface area contributed by atoms with Gasteiger partial charge in [0.1, 0.15) is 0 Å². The Kier molecular flexibility index (Phi) is 3.66. The highest BCUT2D eigenvalue weighted by molar-refractivity contribution is 5.09. The van der Waals surface area contributed by atoms with E-state index in [2.05, 4.69) is 10.3 Å². The smallest absolute Gasteiger partial charge is 0.0948 e. The lowest BCUT2D eigenvalue weighted by Gasteiger charge is -2.14. The standard InChI is InChI=1S/C11H16N2O2/c14-11-8-15-7-10(11)13-6-3-9-1-4-12-5-2-9/h1-2,4-5,10-11,13-14H,3,6-8H2. The summed E-state index contributed by atoms with van der Waals surface area (Å²) in [7, 11) is 0. The average molecular weight is 208 g/mol. The number of nitrogens with zero attached hydrogens (tertiary/aromatic N) is 1. The Hall–Kier alpha value is -0.970. The molecule has 0 aliphatic carbocycles. The van der Waals surface area contributed by atoms with Gasteiger partial charge in [0.2, 0.25) is 0 Å². The van der Waals surface area contributed by atoms with Crippen LogP contribution in [0.3, 0.4) is 0 Å². The molecule has 1 aromatic rings. The largest absolute Gasteiger partial charge is 0.389 e. The van der Waals surface area contributed by atoms with Crippen LogP contribution in [0.25, 0.3) is 0 Å². The van der Waals surface area contributed by atoms with Crippen LogP contribution in [0, 0.1) is 0 Å². The summed E-state index contributed by atoms with van der Waals surface area (Å²) in [5.41, 5.74) is 1.26. The molecule has 2 rings (SSSR count). The van der Waals surface area contributed by atoms with Crippen LogP contribution in [-0.2, 0) is 11.2 Å². The molecule has 0 amide bonds. The van der Waals surface area contributed by atoms with Crippen molar-refractivity contribution in [2.75, 3.05) is 19.8 Å². The van der Waals surface area contributed by atoms with Crippen molar-refractivity contribution in [3.63, 3.8) is 0 Å². The predicted octanol–water partition coefficient (Wildman–Crippen LogP) is -0.0266. The molecule has 1 aliphatic rings. The van der Waals surface area contributed by atoms with Crippen LogP contribution < -0.4 is 5.32 Å². The minimum absolute atomic E-state index is 0.0897. The fourth-order valence-corrected chi connectivity index (χ4v) is 1.69. The van der Waals surface area contributed by atoms with Gasteiger partial charge in [-0.25, -0.2) is 0 Å². The number of ether oxygens (including phenoxy) is 1. The zero-order chi connectivity index (χ0) is 10.5. The molecule has 0 saturated carbocycles. The number of rotatable bonds is 4. The van der Waals surface area contributed by atoms with E-state index >= 15 is 0 Å². The molecule has 0 spiro atoms. The Balaban J connectivity index is 1.71. The van der Waals surface area contributed by atoms with Gasteiger partial charge in [0.05, 0.1) is 25.4 Å². The maximum atomic E-state index is 9.49. The lowest BCUT2D eigenvalue weighted by molar-refractivity contribution is 0.122. The highest BCUT2D eigenvalue weighted by Gasteiger charge is 2.24. The quantitative estimate of drug-likeness (QED) is 0.730. The molecule has 2 heterocycles. The van der Waals surface area contributed by atoms with Crippen molar-refractivity contribution in [3.05, 3.63) is 30.1 Å². The summed E-state index contributed by atoms with van der Waals surface area (Å²) in [6.45, 7) is 1.92. The normalized spacial score (nSPS) is 25.7. The van der Waals surface area contributed by atoms with E-state index in [4.69, 9.17) is 4.74 Å². The van der Waals surface area contributed by atoms with Crippen molar-refractivity contribution in [2.45, 2.75) is 18.6 Å². The molecule has 15 heavy (non-hydrogen) atoms. The first-order valence-corrected chi connectivity index (χ1v) is 5.24. The van der Waals surface area contributed by atoms with Crippen LogP contribution in [0.5, 0.6) is 0 Å². The first-order valence-electron chi connectivity index (χ1n) is 5.24. The highest BCUT2D eigenvalue weighted by Crippen LogP contribution is 2.05. The van der Waals surface area contributed by atoms with E-state index in [1.54, 1.807) is 12.4 Å². The van der Waals surface area contributed by atoms with Crippen LogP contribution in [0.1, 0.15) is 5.56 Å². The fraction of sp³-hybridized carbons (Fsp3) is 0.545. The molecule has 1 saturated heterocycles. The van der Waals surface area contributed by atoms with Gasteiger partial charge in [-0.3, -0.25) is 4.98 Å². The minimum atomic E-state index is -0.359. The molecule has 2 N–H and O–H groups in total. The highest BCUT2D eigenvalue weighted by atomic mass is 16.5. The second kappa shape index (κ2) is 5.21. The SMILES string of the molecule is OC1COCC1NCCc1ccncc1. The van der Waals surface area contributed by atoms with E-state index in [1.165, 1.54) is 5.56 Å². The summed E-state index contributed by atoms with van der Waals surface area (Å²) >= 11 is 0. The van der Waals surface area contributed by atoms with E-state index in [9.17, 15) is 5.11 Å². The maximum absolute atomic E-state index is 9.49. The van der Waals surface area contributed by atoms with E-state index in [0.29, 0.717) is 13.2 Å². The average Bonchev–Trinajstić information content (AvgIpc) is 2.66. The summed E-state index contributed by atoms with van der Waals surface area (Å²) in [5, 5.41) is 12.8. The zero-order valence-electron chi connectivity index (χ0n) is 8.60. The van der Waals surface area contributed by atoms with Gasteiger partial charge in [-0.15, -0.1) is 0 Å². The first kappa shape index (κ1) is 10.5. The molecule has 4 heteroatoms. The monoisotopic (exact) mass is 208 g/mol. The van der Waals surface area contributed by atoms with Gasteiger partial charge < -0.3 is 15.2 Å². The summed E-state index contributed by atoms with van der Waals surface area (Å²) < 4.78 is 5.15. The van der Waals surface area contributed by atoms with Crippen molar-refractivity contribution in [1.29, 1.82) is 0 Å². The van der Waals surface area contributed by atoms with E-state index in [1.807, 2.05) is 12.1 Å². The number of pyridine rings is 1. The molecule has 82 valence electrons. The Bertz CT molecular complexity index is 292. The number of nitrogens with one attached hydrogen (secondary N) is 1. The van der Waals surface area contributed by atoms with Gasteiger partial charge in [0, 0.05) is 12.4 Å². The number of hydrogen-bond acceptors (Lipinski definition) is 4. The van der Waals surface area contributed by atoms with E-state index < -0.39 is 0 Å². The molecule has 0 radical (unpaired) electrons. The second-order valence-electron chi connectivity index (χ2n) is 3.77. The third kappa shape index (κ3) is 2.99. The first-order chi connectivity index (χ1) is 7.36. The fourth-order valence-electron chi connectivity index (χ4n) is 1.69. The maximum Gasteiger partial charge on any atom is 0.0948 e. The molecule has 1 aromatic heterocycles. The number of aromatic nitrogens is 1. The molecule has 2 unspecified atom stereocenters. The summed E-state index contributed by atoms with van der Waals surface area (Å²) in [4.78, 5) is 3.96. The molecule has 2 atom stereocenters. The minimum Gasteiger partial charge on any atom is -0.389 e. The number of hydrogen-bond donors (Lipinski definition) is 2. The molecule has 4 nitrogen and oxygen atoms in total. The van der Waals surface area contributed by atoms with Crippen molar-refractivity contribution >= 4 is 0 Å². The third-order valence-electron chi connectivity index (χ3n) is 2.62. The summed E-state index contributed by atoms with van der Waals surface area (Å²) in [5.74, 6) is 0. The van der Waals surface area contributed by atoms with Gasteiger partial charge in [-0.1, -0.05) is 0 Å². The predicted molar refractivity (Wildman–Crippen MR) is 56.6 cm³/mol.